The molecule has 0 spiro atoms. The van der Waals surface area contributed by atoms with E-state index in [1.165, 1.54) is 31.4 Å². The molecule has 1 amide bonds. The van der Waals surface area contributed by atoms with Gasteiger partial charge in [0, 0.05) is 12.1 Å². The van der Waals surface area contributed by atoms with Gasteiger partial charge in [-0.25, -0.2) is 4.79 Å². The number of amides is 1. The highest BCUT2D eigenvalue weighted by Gasteiger charge is 2.30. The molecule has 4 nitrogen and oxygen atoms in total. The summed E-state index contributed by atoms with van der Waals surface area (Å²) in [6.45, 7) is 0.122. The maximum atomic E-state index is 12.6. The summed E-state index contributed by atoms with van der Waals surface area (Å²) in [5.41, 5.74) is 0.113. The molecule has 7 heteroatoms. The molecule has 0 aromatic heterocycles. The third-order valence-corrected chi connectivity index (χ3v) is 3.28. The largest absolute Gasteiger partial charge is 0.465 e. The normalized spacial score (nSPS) is 11.0. The number of benzene rings is 2. The Morgan fingerprint density at radius 1 is 1.04 bits per heavy atom. The van der Waals surface area contributed by atoms with Gasteiger partial charge in [-0.15, -0.1) is 0 Å². The van der Waals surface area contributed by atoms with Gasteiger partial charge in [0.1, 0.15) is 0 Å². The lowest BCUT2D eigenvalue weighted by Crippen LogP contribution is -2.23. The monoisotopic (exact) mass is 337 g/mol. The third kappa shape index (κ3) is 4.34. The molecule has 0 aliphatic rings. The SMILES string of the molecule is COC(=O)c1ccc(CNC(=O)c2cccc(C(F)(F)F)c2)cc1. The molecule has 0 unspecified atom stereocenters. The Kier molecular flexibility index (Phi) is 5.23. The van der Waals surface area contributed by atoms with Gasteiger partial charge in [-0.1, -0.05) is 18.2 Å². The number of carbonyl (C=O) groups is 2. The van der Waals surface area contributed by atoms with Crippen LogP contribution < -0.4 is 5.32 Å². The van der Waals surface area contributed by atoms with Crippen molar-refractivity contribution < 1.29 is 27.5 Å². The van der Waals surface area contributed by atoms with Crippen LogP contribution in [0.15, 0.2) is 48.5 Å². The van der Waals surface area contributed by atoms with Crippen molar-refractivity contribution in [1.82, 2.24) is 5.32 Å². The first-order chi connectivity index (χ1) is 11.3. The van der Waals surface area contributed by atoms with E-state index in [4.69, 9.17) is 0 Å². The van der Waals surface area contributed by atoms with Gasteiger partial charge >= 0.3 is 12.1 Å². The molecule has 2 aromatic rings. The Morgan fingerprint density at radius 2 is 1.71 bits per heavy atom. The number of rotatable bonds is 4. The molecule has 2 rings (SSSR count). The zero-order valence-corrected chi connectivity index (χ0v) is 12.7. The van der Waals surface area contributed by atoms with Crippen LogP contribution in [-0.4, -0.2) is 19.0 Å². The summed E-state index contributed by atoms with van der Waals surface area (Å²) in [5, 5.41) is 2.53. The van der Waals surface area contributed by atoms with Crippen LogP contribution in [-0.2, 0) is 17.5 Å². The van der Waals surface area contributed by atoms with Crippen LogP contribution in [0, 0.1) is 0 Å². The number of esters is 1. The summed E-state index contributed by atoms with van der Waals surface area (Å²) in [4.78, 5) is 23.3. The minimum atomic E-state index is -4.50. The lowest BCUT2D eigenvalue weighted by molar-refractivity contribution is -0.137. The second-order valence-corrected chi connectivity index (χ2v) is 4.95. The average molecular weight is 337 g/mol. The van der Waals surface area contributed by atoms with Crippen molar-refractivity contribution in [3.8, 4) is 0 Å². The topological polar surface area (TPSA) is 55.4 Å². The molecule has 0 aliphatic heterocycles. The number of ether oxygens (including phenoxy) is 1. The molecule has 0 aliphatic carbocycles. The van der Waals surface area contributed by atoms with E-state index in [0.29, 0.717) is 11.1 Å². The summed E-state index contributed by atoms with van der Waals surface area (Å²) in [6, 6.07) is 10.5. The summed E-state index contributed by atoms with van der Waals surface area (Å²) in [6.07, 6.45) is -4.50. The van der Waals surface area contributed by atoms with Gasteiger partial charge in [0.05, 0.1) is 18.2 Å². The van der Waals surface area contributed by atoms with Crippen LogP contribution in [0.1, 0.15) is 31.8 Å². The fraction of sp³-hybridized carbons (Fsp3) is 0.176. The zero-order chi connectivity index (χ0) is 17.7. The molecular formula is C17H14F3NO3. The molecule has 0 heterocycles. The average Bonchev–Trinajstić information content (AvgIpc) is 2.58. The summed E-state index contributed by atoms with van der Waals surface area (Å²) < 4.78 is 42.5. The van der Waals surface area contributed by atoms with Gasteiger partial charge in [-0.2, -0.15) is 13.2 Å². The number of methoxy groups -OCH3 is 1. The summed E-state index contributed by atoms with van der Waals surface area (Å²) >= 11 is 0. The highest BCUT2D eigenvalue weighted by Crippen LogP contribution is 2.29. The first-order valence-electron chi connectivity index (χ1n) is 6.94. The van der Waals surface area contributed by atoms with Crippen molar-refractivity contribution in [2.45, 2.75) is 12.7 Å². The second-order valence-electron chi connectivity index (χ2n) is 4.95. The van der Waals surface area contributed by atoms with Crippen molar-refractivity contribution in [3.63, 3.8) is 0 Å². The van der Waals surface area contributed by atoms with E-state index < -0.39 is 23.6 Å². The summed E-state index contributed by atoms with van der Waals surface area (Å²) in [5.74, 6) is -1.09. The molecule has 126 valence electrons. The van der Waals surface area contributed by atoms with Gasteiger partial charge in [0.25, 0.3) is 5.91 Å². The second kappa shape index (κ2) is 7.16. The minimum absolute atomic E-state index is 0.0731. The predicted molar refractivity (Wildman–Crippen MR) is 80.4 cm³/mol. The smallest absolute Gasteiger partial charge is 0.416 e. The van der Waals surface area contributed by atoms with Crippen LogP contribution in [0.3, 0.4) is 0 Å². The van der Waals surface area contributed by atoms with E-state index in [9.17, 15) is 22.8 Å². The molecule has 2 aromatic carbocycles. The Balaban J connectivity index is 2.02. The van der Waals surface area contributed by atoms with Crippen molar-refractivity contribution in [2.24, 2.45) is 0 Å². The van der Waals surface area contributed by atoms with E-state index in [1.54, 1.807) is 12.1 Å². The Morgan fingerprint density at radius 3 is 2.29 bits per heavy atom. The fourth-order valence-electron chi connectivity index (χ4n) is 2.00. The maximum absolute atomic E-state index is 12.6. The van der Waals surface area contributed by atoms with Crippen LogP contribution >= 0.6 is 0 Å². The number of carbonyl (C=O) groups excluding carboxylic acids is 2. The number of hydrogen-bond donors (Lipinski definition) is 1. The van der Waals surface area contributed by atoms with E-state index in [2.05, 4.69) is 10.1 Å². The highest BCUT2D eigenvalue weighted by atomic mass is 19.4. The zero-order valence-electron chi connectivity index (χ0n) is 12.7. The van der Waals surface area contributed by atoms with E-state index in [1.807, 2.05) is 0 Å². The Bertz CT molecular complexity index is 739. The van der Waals surface area contributed by atoms with Crippen LogP contribution in [0.5, 0.6) is 0 Å². The summed E-state index contributed by atoms with van der Waals surface area (Å²) in [7, 11) is 1.27. The number of halogens is 3. The first kappa shape index (κ1) is 17.5. The maximum Gasteiger partial charge on any atom is 0.416 e. The molecule has 0 saturated carbocycles. The molecule has 1 N–H and O–H groups in total. The molecule has 0 bridgehead atoms. The van der Waals surface area contributed by atoms with Crippen LogP contribution in [0.4, 0.5) is 13.2 Å². The van der Waals surface area contributed by atoms with Crippen molar-refractivity contribution in [2.75, 3.05) is 7.11 Å². The number of alkyl halides is 3. The first-order valence-corrected chi connectivity index (χ1v) is 6.94. The van der Waals surface area contributed by atoms with Crippen molar-refractivity contribution in [3.05, 3.63) is 70.8 Å². The van der Waals surface area contributed by atoms with Crippen LogP contribution in [0.25, 0.3) is 0 Å². The van der Waals surface area contributed by atoms with Crippen molar-refractivity contribution in [1.29, 1.82) is 0 Å². The Labute approximate surface area is 136 Å². The molecular weight excluding hydrogens is 323 g/mol. The van der Waals surface area contributed by atoms with E-state index in [0.717, 1.165) is 12.1 Å². The molecule has 0 radical (unpaired) electrons. The van der Waals surface area contributed by atoms with Gasteiger partial charge in [-0.3, -0.25) is 4.79 Å². The molecule has 0 fully saturated rings. The van der Waals surface area contributed by atoms with E-state index in [-0.39, 0.29) is 12.1 Å². The highest BCUT2D eigenvalue weighted by molar-refractivity contribution is 5.94. The van der Waals surface area contributed by atoms with Crippen LogP contribution in [0.2, 0.25) is 0 Å². The lowest BCUT2D eigenvalue weighted by Gasteiger charge is -2.09. The Hall–Kier alpha value is -2.83. The molecule has 0 saturated heterocycles. The lowest BCUT2D eigenvalue weighted by atomic mass is 10.1. The molecule has 24 heavy (non-hydrogen) atoms. The van der Waals surface area contributed by atoms with Gasteiger partial charge in [-0.05, 0) is 35.9 Å². The standard InChI is InChI=1S/C17H14F3NO3/c1-24-16(23)12-7-5-11(6-8-12)10-21-15(22)13-3-2-4-14(9-13)17(18,19)20/h2-9H,10H2,1H3,(H,21,22). The fourth-order valence-corrected chi connectivity index (χ4v) is 2.00. The van der Waals surface area contributed by atoms with Gasteiger partial charge in [0.15, 0.2) is 0 Å². The minimum Gasteiger partial charge on any atom is -0.465 e. The van der Waals surface area contributed by atoms with Gasteiger partial charge in [0.2, 0.25) is 0 Å². The number of hydrogen-bond acceptors (Lipinski definition) is 3. The van der Waals surface area contributed by atoms with Gasteiger partial charge < -0.3 is 10.1 Å². The van der Waals surface area contributed by atoms with E-state index >= 15 is 0 Å². The molecule has 0 atom stereocenters. The third-order valence-electron chi connectivity index (χ3n) is 3.28. The van der Waals surface area contributed by atoms with Crippen molar-refractivity contribution >= 4 is 11.9 Å². The quantitative estimate of drug-likeness (QED) is 0.870. The predicted octanol–water partition coefficient (Wildman–Crippen LogP) is 3.42. The number of nitrogens with one attached hydrogen (secondary N) is 1.